The molecule has 1 aliphatic heterocycles. The topological polar surface area (TPSA) is 72.8 Å². The minimum atomic E-state index is -4.64. The predicted molar refractivity (Wildman–Crippen MR) is 164 cm³/mol. The Balaban J connectivity index is 0.000000711. The number of carbonyl (C=O) groups excluding carboxylic acids is 3. The number of ketones is 1. The van der Waals surface area contributed by atoms with Gasteiger partial charge >= 0.3 is 12.1 Å². The molecule has 3 rings (SSSR count). The Morgan fingerprint density at radius 2 is 1.52 bits per heavy atom. The predicted octanol–water partition coefficient (Wildman–Crippen LogP) is 9.69. The van der Waals surface area contributed by atoms with Crippen LogP contribution in [0.1, 0.15) is 118 Å². The van der Waals surface area contributed by atoms with Crippen molar-refractivity contribution < 1.29 is 42.4 Å². The van der Waals surface area contributed by atoms with E-state index in [-0.39, 0.29) is 41.8 Å². The van der Waals surface area contributed by atoms with Crippen LogP contribution in [-0.2, 0) is 19.1 Å². The Kier molecular flexibility index (Phi) is 18.0. The molecule has 2 atom stereocenters. The first-order valence-electron chi connectivity index (χ1n) is 15.3. The van der Waals surface area contributed by atoms with Gasteiger partial charge in [-0.25, -0.2) is 8.78 Å². The van der Waals surface area contributed by atoms with Crippen molar-refractivity contribution in [3.8, 4) is 0 Å². The summed E-state index contributed by atoms with van der Waals surface area (Å²) in [7, 11) is 0. The summed E-state index contributed by atoms with van der Waals surface area (Å²) in [6, 6.07) is 13.0. The Morgan fingerprint density at radius 3 is 1.93 bits per heavy atom. The van der Waals surface area contributed by atoms with Crippen LogP contribution >= 0.6 is 0 Å². The molecule has 1 heterocycles. The van der Waals surface area contributed by atoms with Gasteiger partial charge in [-0.15, -0.1) is 0 Å². The van der Waals surface area contributed by atoms with Crippen molar-refractivity contribution in [3.63, 3.8) is 0 Å². The monoisotopic (exact) mass is 628 g/mol. The average Bonchev–Trinajstić information content (AvgIpc) is 3.45. The molecule has 10 heteroatoms. The molecule has 246 valence electrons. The highest BCUT2D eigenvalue weighted by Crippen LogP contribution is 2.30. The first kappa shape index (κ1) is 38.6. The number of hydrogen-bond acceptors (Lipinski definition) is 5. The number of aliphatic imine (C=N–C) groups is 1. The van der Waals surface area contributed by atoms with E-state index in [1.54, 1.807) is 19.1 Å². The van der Waals surface area contributed by atoms with Gasteiger partial charge in [0.15, 0.2) is 0 Å². The fourth-order valence-electron chi connectivity index (χ4n) is 4.06. The van der Waals surface area contributed by atoms with E-state index in [1.165, 1.54) is 30.0 Å². The quantitative estimate of drug-likeness (QED) is 0.157. The van der Waals surface area contributed by atoms with Gasteiger partial charge in [0.25, 0.3) is 0 Å². The fourth-order valence-corrected chi connectivity index (χ4v) is 4.06. The lowest BCUT2D eigenvalue weighted by atomic mass is 9.90. The minimum Gasteiger partial charge on any atom is -0.460 e. The summed E-state index contributed by atoms with van der Waals surface area (Å²) in [5, 5.41) is 0. The average molecular weight is 629 g/mol. The zero-order valence-corrected chi connectivity index (χ0v) is 26.5. The standard InChI is InChI=1S/C18H25FO3.C12H14FN.C2HF3O.C2H6/c1-5-16(20)11-8-14(12-17(21)22-18(2,3)4)13-6-9-15(19)10-7-13;1-2-11-7-8-12(14-11)9-3-5-10(13)6-4-9;3-2(4,5)1-6;1-2/h6-7,9-10,14H,5,8,11-12H2,1-4H3;3-6,12H,2,7-8H2,1H3;1H;1-2H3/t14-;12-;;/m10../s1/i;;;1D. The highest BCUT2D eigenvalue weighted by atomic mass is 19.4. The van der Waals surface area contributed by atoms with Gasteiger partial charge < -0.3 is 4.74 Å². The van der Waals surface area contributed by atoms with E-state index in [2.05, 4.69) is 11.9 Å². The third-order valence-corrected chi connectivity index (χ3v) is 6.18. The first-order chi connectivity index (χ1) is 21.0. The number of esters is 1. The number of nitrogens with zero attached hydrogens (tertiary/aromatic N) is 1. The highest BCUT2D eigenvalue weighted by Gasteiger charge is 2.25. The van der Waals surface area contributed by atoms with Crippen LogP contribution in [0.4, 0.5) is 22.0 Å². The molecule has 0 unspecified atom stereocenters. The number of rotatable bonds is 9. The smallest absolute Gasteiger partial charge is 0.446 e. The van der Waals surface area contributed by atoms with Gasteiger partial charge in [0.05, 0.1) is 12.5 Å². The van der Waals surface area contributed by atoms with Gasteiger partial charge in [-0.2, -0.15) is 13.2 Å². The van der Waals surface area contributed by atoms with E-state index >= 15 is 0 Å². The molecule has 0 amide bonds. The van der Waals surface area contributed by atoms with Crippen LogP contribution in [0.25, 0.3) is 0 Å². The highest BCUT2D eigenvalue weighted by molar-refractivity contribution is 5.86. The van der Waals surface area contributed by atoms with Crippen LogP contribution < -0.4 is 0 Å². The molecule has 2 aromatic carbocycles. The van der Waals surface area contributed by atoms with Gasteiger partial charge in [0, 0.05) is 19.9 Å². The van der Waals surface area contributed by atoms with Gasteiger partial charge in [-0.05, 0) is 87.8 Å². The number of alkyl halides is 3. The van der Waals surface area contributed by atoms with Gasteiger partial charge in [0.1, 0.15) is 23.0 Å². The second-order valence-electron chi connectivity index (χ2n) is 10.8. The van der Waals surface area contributed by atoms with E-state index in [1.807, 2.05) is 39.8 Å². The van der Waals surface area contributed by atoms with Gasteiger partial charge in [0.2, 0.25) is 6.29 Å². The third kappa shape index (κ3) is 18.3. The number of carbonyl (C=O) groups is 3. The SMILES string of the molecule is CCC(=O)CC[C@H](CC(=O)OC(C)(C)C)c1ccc(F)cc1.CCC1=N[C@H](c2ccc(F)cc2)CC1.O=CC(F)(F)F.[2H]CC. The van der Waals surface area contributed by atoms with Crippen molar-refractivity contribution >= 4 is 23.8 Å². The molecule has 0 spiro atoms. The maximum atomic E-state index is 13.1. The third-order valence-electron chi connectivity index (χ3n) is 6.18. The number of benzene rings is 2. The lowest BCUT2D eigenvalue weighted by molar-refractivity contribution is -0.156. The summed E-state index contributed by atoms with van der Waals surface area (Å²) in [6.07, 6.45) is -0.820. The maximum absolute atomic E-state index is 13.1. The zero-order valence-electron chi connectivity index (χ0n) is 27.5. The minimum absolute atomic E-state index is 0.133. The molecule has 0 bridgehead atoms. The molecule has 1 aliphatic rings. The molecule has 0 aliphatic carbocycles. The molecule has 0 fully saturated rings. The number of Topliss-reactive ketones (excluding diaryl/α,β-unsaturated/α-hetero) is 1. The summed E-state index contributed by atoms with van der Waals surface area (Å²) >= 11 is 0. The molecule has 0 N–H and O–H groups in total. The van der Waals surface area contributed by atoms with Crippen molar-refractivity contribution in [1.29, 1.82) is 0 Å². The van der Waals surface area contributed by atoms with Gasteiger partial charge in [-0.1, -0.05) is 51.9 Å². The lowest BCUT2D eigenvalue weighted by Gasteiger charge is -2.22. The van der Waals surface area contributed by atoms with Crippen LogP contribution in [-0.4, -0.2) is 35.5 Å². The van der Waals surface area contributed by atoms with Crippen molar-refractivity contribution in [1.82, 2.24) is 0 Å². The van der Waals surface area contributed by atoms with Crippen LogP contribution in [0.15, 0.2) is 53.5 Å². The molecule has 2 aromatic rings. The van der Waals surface area contributed by atoms with Crippen molar-refractivity contribution in [2.24, 2.45) is 4.99 Å². The van der Waals surface area contributed by atoms with Crippen LogP contribution in [0.2, 0.25) is 0 Å². The van der Waals surface area contributed by atoms with Crippen molar-refractivity contribution in [3.05, 3.63) is 71.3 Å². The Morgan fingerprint density at radius 1 is 1.02 bits per heavy atom. The van der Waals surface area contributed by atoms with Crippen LogP contribution in [0, 0.1) is 11.6 Å². The Hall–Kier alpha value is -3.43. The van der Waals surface area contributed by atoms with E-state index in [9.17, 15) is 31.5 Å². The van der Waals surface area contributed by atoms with E-state index in [0.29, 0.717) is 26.2 Å². The summed E-state index contributed by atoms with van der Waals surface area (Å²) < 4.78 is 68.5. The normalized spacial score (nSPS) is 15.0. The number of aldehydes is 1. The summed E-state index contributed by atoms with van der Waals surface area (Å²) in [6.45, 7) is 11.7. The van der Waals surface area contributed by atoms with Crippen LogP contribution in [0.5, 0.6) is 0 Å². The molecular formula is C34H46F5NO4. The zero-order chi connectivity index (χ0) is 34.6. The number of hydrogen-bond donors (Lipinski definition) is 0. The summed E-state index contributed by atoms with van der Waals surface area (Å²) in [5.41, 5.74) is 2.74. The maximum Gasteiger partial charge on any atom is 0.446 e. The second kappa shape index (κ2) is 20.5. The fraction of sp³-hybridized carbons (Fsp3) is 0.529. The van der Waals surface area contributed by atoms with E-state index in [0.717, 1.165) is 30.4 Å². The summed E-state index contributed by atoms with van der Waals surface area (Å²) in [5.74, 6) is -0.760. The van der Waals surface area contributed by atoms with E-state index < -0.39 is 18.1 Å². The number of ether oxygens (including phenoxy) is 1. The molecule has 0 saturated heterocycles. The number of halogens is 5. The van der Waals surface area contributed by atoms with E-state index in [4.69, 9.17) is 10.9 Å². The molecule has 0 aromatic heterocycles. The molecule has 0 saturated carbocycles. The molecule has 0 radical (unpaired) electrons. The van der Waals surface area contributed by atoms with Gasteiger partial charge in [-0.3, -0.25) is 19.4 Å². The molecular weight excluding hydrogens is 581 g/mol. The van der Waals surface area contributed by atoms with Crippen molar-refractivity contribution in [2.75, 3.05) is 0 Å². The Bertz CT molecular complexity index is 1180. The second-order valence-corrected chi connectivity index (χ2v) is 10.8. The summed E-state index contributed by atoms with van der Waals surface area (Å²) in [4.78, 5) is 36.9. The van der Waals surface area contributed by atoms with Crippen molar-refractivity contribution in [2.45, 2.75) is 117 Å². The first-order valence-corrected chi connectivity index (χ1v) is 14.6. The lowest BCUT2D eigenvalue weighted by Crippen LogP contribution is -2.25. The molecule has 5 nitrogen and oxygen atoms in total. The Labute approximate surface area is 259 Å². The van der Waals surface area contributed by atoms with Crippen LogP contribution in [0.3, 0.4) is 0 Å². The molecule has 44 heavy (non-hydrogen) atoms. The largest absolute Gasteiger partial charge is 0.460 e.